The van der Waals surface area contributed by atoms with Crippen LogP contribution in [0.4, 0.5) is 4.39 Å². The average Bonchev–Trinajstić information content (AvgIpc) is 2.63. The number of sulfone groups is 1. The number of hydrogen-bond donors (Lipinski definition) is 1. The van der Waals surface area contributed by atoms with Crippen LogP contribution in [0.25, 0.3) is 5.57 Å². The fraction of sp³-hybridized carbons (Fsp3) is 0.385. The summed E-state index contributed by atoms with van der Waals surface area (Å²) in [6, 6.07) is 4.03. The van der Waals surface area contributed by atoms with Gasteiger partial charge in [0, 0.05) is 5.41 Å². The minimum Gasteiger partial charge on any atom is -0.317 e. The lowest BCUT2D eigenvalue weighted by molar-refractivity contribution is 0.446. The van der Waals surface area contributed by atoms with Crippen molar-refractivity contribution in [2.45, 2.75) is 17.7 Å². The van der Waals surface area contributed by atoms with Gasteiger partial charge >= 0.3 is 0 Å². The Kier molecular flexibility index (Phi) is 2.75. The molecule has 0 radical (unpaired) electrons. The summed E-state index contributed by atoms with van der Waals surface area (Å²) in [5.41, 5.74) is 1.54. The molecule has 1 saturated heterocycles. The largest absolute Gasteiger partial charge is 0.317 e. The Balaban J connectivity index is 2.08. The maximum Gasteiger partial charge on any atom is 0.200 e. The summed E-state index contributed by atoms with van der Waals surface area (Å²) >= 11 is 0. The van der Waals surface area contributed by atoms with Crippen molar-refractivity contribution < 1.29 is 12.8 Å². The molecule has 2 aliphatic rings. The molecule has 0 atom stereocenters. The van der Waals surface area contributed by atoms with E-state index in [-0.39, 0.29) is 10.8 Å². The van der Waals surface area contributed by atoms with Crippen LogP contribution in [-0.2, 0) is 9.84 Å². The van der Waals surface area contributed by atoms with Crippen LogP contribution in [0, 0.1) is 11.7 Å². The molecule has 2 heterocycles. The van der Waals surface area contributed by atoms with Crippen molar-refractivity contribution in [1.29, 1.82) is 0 Å². The van der Waals surface area contributed by atoms with Crippen LogP contribution >= 0.6 is 0 Å². The van der Waals surface area contributed by atoms with Crippen molar-refractivity contribution in [3.05, 3.63) is 35.0 Å². The van der Waals surface area contributed by atoms with Gasteiger partial charge in [-0.2, -0.15) is 0 Å². The lowest BCUT2D eigenvalue weighted by Crippen LogP contribution is -2.28. The van der Waals surface area contributed by atoms with Crippen LogP contribution in [0.15, 0.2) is 28.5 Å². The first-order valence-corrected chi connectivity index (χ1v) is 7.60. The predicted octanol–water partition coefficient (Wildman–Crippen LogP) is 1.95. The van der Waals surface area contributed by atoms with E-state index in [0.717, 1.165) is 37.6 Å². The zero-order valence-corrected chi connectivity index (χ0v) is 10.6. The van der Waals surface area contributed by atoms with Gasteiger partial charge in [-0.25, -0.2) is 12.8 Å². The summed E-state index contributed by atoms with van der Waals surface area (Å²) in [5.74, 6) is -0.245. The Morgan fingerprint density at radius 1 is 1.22 bits per heavy atom. The van der Waals surface area contributed by atoms with E-state index in [1.165, 1.54) is 11.5 Å². The van der Waals surface area contributed by atoms with Crippen LogP contribution in [-0.4, -0.2) is 21.5 Å². The Labute approximate surface area is 106 Å². The van der Waals surface area contributed by atoms with Crippen LogP contribution in [0.5, 0.6) is 0 Å². The average molecular weight is 267 g/mol. The quantitative estimate of drug-likeness (QED) is 0.846. The number of piperidine rings is 1. The van der Waals surface area contributed by atoms with Crippen LogP contribution in [0.2, 0.25) is 0 Å². The lowest BCUT2D eigenvalue weighted by Gasteiger charge is -2.24. The molecule has 96 valence electrons. The van der Waals surface area contributed by atoms with Gasteiger partial charge < -0.3 is 5.32 Å². The summed E-state index contributed by atoms with van der Waals surface area (Å²) in [6.45, 7) is 1.80. The number of rotatable bonds is 1. The van der Waals surface area contributed by atoms with Gasteiger partial charge in [0.2, 0.25) is 9.84 Å². The van der Waals surface area contributed by atoms with Crippen molar-refractivity contribution >= 4 is 15.4 Å². The Morgan fingerprint density at radius 3 is 2.67 bits per heavy atom. The minimum atomic E-state index is -3.45. The summed E-state index contributed by atoms with van der Waals surface area (Å²) < 4.78 is 37.2. The van der Waals surface area contributed by atoms with Gasteiger partial charge in [0.1, 0.15) is 5.82 Å². The molecule has 0 spiro atoms. The maximum atomic E-state index is 13.2. The molecule has 0 unspecified atom stereocenters. The monoisotopic (exact) mass is 267 g/mol. The molecule has 5 heteroatoms. The fourth-order valence-electron chi connectivity index (χ4n) is 2.71. The summed E-state index contributed by atoms with van der Waals surface area (Å²) in [5, 5.41) is 4.58. The van der Waals surface area contributed by atoms with Crippen LogP contribution < -0.4 is 5.32 Å². The molecule has 2 aliphatic heterocycles. The zero-order valence-electron chi connectivity index (χ0n) is 9.82. The second-order valence-corrected chi connectivity index (χ2v) is 6.55. The normalized spacial score (nSPS) is 22.6. The molecule has 0 amide bonds. The molecule has 0 aliphatic carbocycles. The Morgan fingerprint density at radius 2 is 1.94 bits per heavy atom. The first-order valence-electron chi connectivity index (χ1n) is 6.05. The van der Waals surface area contributed by atoms with Crippen molar-refractivity contribution in [2.75, 3.05) is 13.1 Å². The third-order valence-corrected chi connectivity index (χ3v) is 5.14. The highest BCUT2D eigenvalue weighted by molar-refractivity contribution is 7.95. The third-order valence-electron chi connectivity index (χ3n) is 3.62. The molecule has 3 nitrogen and oxygen atoms in total. The molecule has 1 fully saturated rings. The van der Waals surface area contributed by atoms with E-state index >= 15 is 0 Å². The summed E-state index contributed by atoms with van der Waals surface area (Å²) in [6.07, 6.45) is 1.86. The van der Waals surface area contributed by atoms with Crippen molar-refractivity contribution in [1.82, 2.24) is 5.32 Å². The summed E-state index contributed by atoms with van der Waals surface area (Å²) in [7, 11) is -3.45. The SMILES string of the molecule is O=S1(=O)C=C(C2CCNCC2)c2ccc(F)cc21. The number of nitrogens with one attached hydrogen (secondary N) is 1. The number of hydrogen-bond acceptors (Lipinski definition) is 3. The van der Waals surface area contributed by atoms with Gasteiger partial charge in [0.15, 0.2) is 0 Å². The standard InChI is InChI=1S/C13H14FNO2S/c14-10-1-2-11-12(9-3-5-15-6-4-9)8-18(16,17)13(11)7-10/h1-2,7-9,15H,3-6H2. The van der Waals surface area contributed by atoms with E-state index in [0.29, 0.717) is 5.56 Å². The van der Waals surface area contributed by atoms with Gasteiger partial charge in [-0.15, -0.1) is 0 Å². The van der Waals surface area contributed by atoms with E-state index in [4.69, 9.17) is 0 Å². The third kappa shape index (κ3) is 1.87. The highest BCUT2D eigenvalue weighted by Gasteiger charge is 2.31. The van der Waals surface area contributed by atoms with Gasteiger partial charge in [0.05, 0.1) is 4.90 Å². The first kappa shape index (κ1) is 11.9. The van der Waals surface area contributed by atoms with E-state index in [9.17, 15) is 12.8 Å². The van der Waals surface area contributed by atoms with Crippen molar-refractivity contribution in [3.63, 3.8) is 0 Å². The summed E-state index contributed by atoms with van der Waals surface area (Å²) in [4.78, 5) is 0.121. The number of halogens is 1. The molecule has 0 bridgehead atoms. The molecule has 1 aromatic carbocycles. The smallest absolute Gasteiger partial charge is 0.200 e. The number of fused-ring (bicyclic) bond motifs is 1. The number of benzene rings is 1. The fourth-order valence-corrected chi connectivity index (χ4v) is 4.26. The number of allylic oxidation sites excluding steroid dienone is 1. The van der Waals surface area contributed by atoms with Crippen LogP contribution in [0.1, 0.15) is 18.4 Å². The second kappa shape index (κ2) is 4.17. The highest BCUT2D eigenvalue weighted by Crippen LogP contribution is 2.40. The molecule has 1 aromatic rings. The van der Waals surface area contributed by atoms with E-state index in [1.54, 1.807) is 6.07 Å². The van der Waals surface area contributed by atoms with E-state index in [1.807, 2.05) is 0 Å². The zero-order chi connectivity index (χ0) is 12.8. The molecule has 1 N–H and O–H groups in total. The van der Waals surface area contributed by atoms with E-state index in [2.05, 4.69) is 5.32 Å². The van der Waals surface area contributed by atoms with E-state index < -0.39 is 15.7 Å². The second-order valence-electron chi connectivity index (χ2n) is 4.78. The molecule has 0 aromatic heterocycles. The maximum absolute atomic E-state index is 13.2. The van der Waals surface area contributed by atoms with Crippen LogP contribution in [0.3, 0.4) is 0 Å². The van der Waals surface area contributed by atoms with Gasteiger partial charge in [0.25, 0.3) is 0 Å². The van der Waals surface area contributed by atoms with Gasteiger partial charge in [-0.1, -0.05) is 6.07 Å². The molecular weight excluding hydrogens is 253 g/mol. The topological polar surface area (TPSA) is 46.2 Å². The highest BCUT2D eigenvalue weighted by atomic mass is 32.2. The van der Waals surface area contributed by atoms with Gasteiger partial charge in [-0.3, -0.25) is 0 Å². The molecule has 3 rings (SSSR count). The Bertz CT molecular complexity index is 616. The molecular formula is C13H14FNO2S. The van der Waals surface area contributed by atoms with Gasteiger partial charge in [-0.05, 0) is 55.1 Å². The molecule has 0 saturated carbocycles. The predicted molar refractivity (Wildman–Crippen MR) is 67.2 cm³/mol. The Hall–Kier alpha value is -1.20. The minimum absolute atomic E-state index is 0.121. The molecule has 18 heavy (non-hydrogen) atoms. The van der Waals surface area contributed by atoms with Crippen molar-refractivity contribution in [3.8, 4) is 0 Å². The first-order chi connectivity index (χ1) is 8.58. The van der Waals surface area contributed by atoms with Crippen molar-refractivity contribution in [2.24, 2.45) is 5.92 Å². The lowest BCUT2D eigenvalue weighted by atomic mass is 9.87.